The maximum Gasteiger partial charge on any atom is 0.177 e. The fraction of sp³-hybridized carbons (Fsp3) is 0.0465. The number of thiophene rings is 1. The molecule has 0 fully saturated rings. The first kappa shape index (κ1) is 25.5. The molecule has 2 aliphatic carbocycles. The van der Waals surface area contributed by atoms with Gasteiger partial charge in [0, 0.05) is 26.1 Å². The number of nitrogens with zero attached hydrogens (tertiary/aromatic N) is 1. The molecular formula is C43H26N2OS. The molecule has 0 bridgehead atoms. The Morgan fingerprint density at radius 3 is 1.98 bits per heavy atom. The summed E-state index contributed by atoms with van der Waals surface area (Å²) in [5.74, 6) is 0.793. The maximum atomic E-state index is 6.46. The molecule has 3 nitrogen and oxygen atoms in total. The number of fused-ring (bicyclic) bond motifs is 15. The van der Waals surface area contributed by atoms with Gasteiger partial charge in [-0.1, -0.05) is 133 Å². The average Bonchev–Trinajstić information content (AvgIpc) is 3.86. The Labute approximate surface area is 275 Å². The Balaban J connectivity index is 1.19. The summed E-state index contributed by atoms with van der Waals surface area (Å²) in [6, 6.07) is 52.5. The predicted molar refractivity (Wildman–Crippen MR) is 193 cm³/mol. The first-order chi connectivity index (χ1) is 23.3. The molecule has 0 amide bonds. The van der Waals surface area contributed by atoms with E-state index >= 15 is 0 Å². The van der Waals surface area contributed by atoms with Crippen LogP contribution < -0.4 is 5.32 Å². The van der Waals surface area contributed by atoms with Crippen molar-refractivity contribution in [2.24, 2.45) is 4.99 Å². The molecule has 3 heterocycles. The molecule has 2 aromatic heterocycles. The monoisotopic (exact) mass is 618 g/mol. The number of nitrogens with one attached hydrogen (secondary N) is 1. The van der Waals surface area contributed by atoms with E-state index in [0.29, 0.717) is 0 Å². The van der Waals surface area contributed by atoms with Gasteiger partial charge in [-0.3, -0.25) is 4.99 Å². The van der Waals surface area contributed by atoms with E-state index in [1.54, 1.807) is 0 Å². The molecule has 0 saturated heterocycles. The standard InChI is InChI=1S/C43H26N2OS/c1-2-13-25(14-3-1)37-39-38(29-18-7-11-24-35(29)46-39)45-42(44-37)31-20-12-19-30-36-41(47-40(30)31)28-17-6-10-23-34(28)43(36)32-21-8-4-15-26(32)27-16-5-9-22-33(27)43/h1-24,42,45H. The Bertz CT molecular complexity index is 2580. The molecule has 8 aromatic rings. The van der Waals surface area contributed by atoms with E-state index in [1.165, 1.54) is 59.5 Å². The Morgan fingerprint density at radius 2 is 1.21 bits per heavy atom. The molecule has 1 unspecified atom stereocenters. The van der Waals surface area contributed by atoms with Gasteiger partial charge in [-0.2, -0.15) is 0 Å². The van der Waals surface area contributed by atoms with Crippen molar-refractivity contribution in [2.45, 2.75) is 11.6 Å². The van der Waals surface area contributed by atoms with Crippen molar-refractivity contribution < 1.29 is 4.42 Å². The molecule has 1 spiro atoms. The van der Waals surface area contributed by atoms with Crippen LogP contribution in [0.1, 0.15) is 45.3 Å². The fourth-order valence-corrected chi connectivity index (χ4v) is 9.95. The molecule has 0 radical (unpaired) electrons. The zero-order valence-electron chi connectivity index (χ0n) is 25.2. The van der Waals surface area contributed by atoms with Crippen LogP contribution in [-0.2, 0) is 5.41 Å². The van der Waals surface area contributed by atoms with Gasteiger partial charge in [0.1, 0.15) is 17.5 Å². The average molecular weight is 619 g/mol. The summed E-state index contributed by atoms with van der Waals surface area (Å²) in [5, 5.41) is 6.20. The van der Waals surface area contributed by atoms with Crippen molar-refractivity contribution in [3.8, 4) is 21.6 Å². The summed E-state index contributed by atoms with van der Waals surface area (Å²) in [5.41, 5.74) is 14.1. The van der Waals surface area contributed by atoms with Crippen molar-refractivity contribution in [3.05, 3.63) is 185 Å². The summed E-state index contributed by atoms with van der Waals surface area (Å²) in [6.07, 6.45) is -0.282. The first-order valence-electron chi connectivity index (χ1n) is 16.1. The zero-order chi connectivity index (χ0) is 30.7. The molecule has 1 aliphatic heterocycles. The van der Waals surface area contributed by atoms with E-state index in [0.717, 1.165) is 33.7 Å². The number of hydrogen-bond acceptors (Lipinski definition) is 4. The second-order valence-electron chi connectivity index (χ2n) is 12.6. The van der Waals surface area contributed by atoms with Crippen molar-refractivity contribution >= 4 is 43.8 Å². The van der Waals surface area contributed by atoms with Crippen LogP contribution in [0.2, 0.25) is 0 Å². The lowest BCUT2D eigenvalue weighted by atomic mass is 9.70. The van der Waals surface area contributed by atoms with Crippen LogP contribution in [0.4, 0.5) is 5.69 Å². The lowest BCUT2D eigenvalue weighted by Gasteiger charge is -2.30. The molecule has 3 aliphatic rings. The molecule has 6 aromatic carbocycles. The minimum absolute atomic E-state index is 0.282. The van der Waals surface area contributed by atoms with Crippen molar-refractivity contribution in [1.29, 1.82) is 0 Å². The second-order valence-corrected chi connectivity index (χ2v) is 13.6. The summed E-state index contributed by atoms with van der Waals surface area (Å²) in [7, 11) is 0. The number of hydrogen-bond donors (Lipinski definition) is 1. The summed E-state index contributed by atoms with van der Waals surface area (Å²) >= 11 is 1.91. The van der Waals surface area contributed by atoms with Crippen LogP contribution in [-0.4, -0.2) is 5.71 Å². The van der Waals surface area contributed by atoms with E-state index in [4.69, 9.17) is 9.41 Å². The topological polar surface area (TPSA) is 37.5 Å². The van der Waals surface area contributed by atoms with Gasteiger partial charge >= 0.3 is 0 Å². The number of anilines is 1. The van der Waals surface area contributed by atoms with Gasteiger partial charge in [0.2, 0.25) is 0 Å². The minimum atomic E-state index is -0.373. The van der Waals surface area contributed by atoms with Crippen LogP contribution in [0.25, 0.3) is 42.6 Å². The lowest BCUT2D eigenvalue weighted by Crippen LogP contribution is -2.25. The molecule has 4 heteroatoms. The van der Waals surface area contributed by atoms with Crippen LogP contribution in [0, 0.1) is 0 Å². The Morgan fingerprint density at radius 1 is 0.596 bits per heavy atom. The van der Waals surface area contributed by atoms with Crippen LogP contribution in [0.15, 0.2) is 155 Å². The van der Waals surface area contributed by atoms with E-state index in [9.17, 15) is 0 Å². The highest BCUT2D eigenvalue weighted by molar-refractivity contribution is 7.23. The third-order valence-corrected chi connectivity index (χ3v) is 11.6. The highest BCUT2D eigenvalue weighted by Crippen LogP contribution is 2.66. The molecule has 47 heavy (non-hydrogen) atoms. The largest absolute Gasteiger partial charge is 0.452 e. The highest BCUT2D eigenvalue weighted by atomic mass is 32.1. The van der Waals surface area contributed by atoms with Crippen molar-refractivity contribution in [2.75, 3.05) is 5.32 Å². The summed E-state index contributed by atoms with van der Waals surface area (Å²) < 4.78 is 7.73. The molecule has 0 saturated carbocycles. The van der Waals surface area contributed by atoms with Crippen molar-refractivity contribution in [3.63, 3.8) is 0 Å². The Hall–Kier alpha value is -5.71. The van der Waals surface area contributed by atoms with Crippen molar-refractivity contribution in [1.82, 2.24) is 0 Å². The minimum Gasteiger partial charge on any atom is -0.452 e. The first-order valence-corrected chi connectivity index (χ1v) is 16.9. The van der Waals surface area contributed by atoms with Crippen LogP contribution >= 0.6 is 11.3 Å². The smallest absolute Gasteiger partial charge is 0.177 e. The van der Waals surface area contributed by atoms with Gasteiger partial charge in [0.15, 0.2) is 5.76 Å². The van der Waals surface area contributed by atoms with E-state index in [2.05, 4.69) is 133 Å². The van der Waals surface area contributed by atoms with Gasteiger partial charge < -0.3 is 9.73 Å². The normalized spacial score (nSPS) is 16.3. The van der Waals surface area contributed by atoms with Crippen LogP contribution in [0.5, 0.6) is 0 Å². The van der Waals surface area contributed by atoms with Crippen LogP contribution in [0.3, 0.4) is 0 Å². The van der Waals surface area contributed by atoms with E-state index in [-0.39, 0.29) is 11.6 Å². The van der Waals surface area contributed by atoms with Gasteiger partial charge in [-0.25, -0.2) is 0 Å². The SMILES string of the molecule is c1ccc(C2=NC(c3cccc4c5c(sc34)-c3ccccc3C53c4ccccc4-c4ccccc43)Nc3c2oc2ccccc32)cc1. The second kappa shape index (κ2) is 9.18. The van der Waals surface area contributed by atoms with E-state index in [1.807, 2.05) is 29.5 Å². The van der Waals surface area contributed by atoms with Gasteiger partial charge in [-0.15, -0.1) is 11.3 Å². The quantitative estimate of drug-likeness (QED) is 0.209. The lowest BCUT2D eigenvalue weighted by molar-refractivity contribution is 0.599. The van der Waals surface area contributed by atoms with Gasteiger partial charge in [0.05, 0.1) is 11.1 Å². The molecule has 220 valence electrons. The number of para-hydroxylation sites is 1. The summed E-state index contributed by atoms with van der Waals surface area (Å²) in [4.78, 5) is 6.77. The molecule has 1 N–H and O–H groups in total. The third-order valence-electron chi connectivity index (χ3n) is 10.3. The predicted octanol–water partition coefficient (Wildman–Crippen LogP) is 11.0. The van der Waals surface area contributed by atoms with Gasteiger partial charge in [0.25, 0.3) is 0 Å². The number of benzene rings is 6. The number of aliphatic imine (C=N–C) groups is 1. The Kier molecular flexibility index (Phi) is 4.98. The maximum absolute atomic E-state index is 6.46. The van der Waals surface area contributed by atoms with Gasteiger partial charge in [-0.05, 0) is 56.5 Å². The molecule has 1 atom stereocenters. The molecular weight excluding hydrogens is 593 g/mol. The third kappa shape index (κ3) is 3.18. The summed E-state index contributed by atoms with van der Waals surface area (Å²) in [6.45, 7) is 0. The zero-order valence-corrected chi connectivity index (χ0v) is 26.0. The van der Waals surface area contributed by atoms with E-state index < -0.39 is 0 Å². The molecule has 11 rings (SSSR count). The number of rotatable bonds is 2. The number of furan rings is 1. The highest BCUT2D eigenvalue weighted by Gasteiger charge is 2.53. The fourth-order valence-electron chi connectivity index (χ4n) is 8.52.